The molecule has 0 bridgehead atoms. The van der Waals surface area contributed by atoms with Crippen LogP contribution < -0.4 is 15.6 Å². The number of unbranched alkanes of at least 4 members (excludes halogenated alkanes) is 4. The number of carbonyl (C=O) groups is 2. The van der Waals surface area contributed by atoms with Gasteiger partial charge in [-0.3, -0.25) is 15.0 Å². The lowest BCUT2D eigenvalue weighted by Crippen LogP contribution is -2.52. The second-order valence-corrected chi connectivity index (χ2v) is 7.95. The largest absolute Gasteiger partial charge is 0.378 e. The fourth-order valence-corrected chi connectivity index (χ4v) is 3.64. The molecule has 30 heavy (non-hydrogen) atoms. The molecule has 0 radical (unpaired) electrons. The third-order valence-corrected chi connectivity index (χ3v) is 5.40. The van der Waals surface area contributed by atoms with Gasteiger partial charge in [0.1, 0.15) is 6.17 Å². The maximum atomic E-state index is 13.2. The minimum absolute atomic E-state index is 0.129. The summed E-state index contributed by atoms with van der Waals surface area (Å²) in [6, 6.07) is 15.4. The van der Waals surface area contributed by atoms with Gasteiger partial charge in [0.25, 0.3) is 5.91 Å². The summed E-state index contributed by atoms with van der Waals surface area (Å²) in [4.78, 5) is 27.8. The van der Waals surface area contributed by atoms with Crippen molar-refractivity contribution in [1.29, 1.82) is 0 Å². The number of nitrogens with zero attached hydrogens (tertiary/aromatic N) is 2. The molecular formula is C24H32N4O2. The second kappa shape index (κ2) is 10.1. The molecule has 160 valence electrons. The van der Waals surface area contributed by atoms with Gasteiger partial charge in [-0.1, -0.05) is 56.9 Å². The van der Waals surface area contributed by atoms with E-state index in [1.807, 2.05) is 61.5 Å². The number of amides is 2. The highest BCUT2D eigenvalue weighted by molar-refractivity contribution is 6.02. The monoisotopic (exact) mass is 408 g/mol. The molecule has 1 atom stereocenters. The number of hydrogen-bond acceptors (Lipinski definition) is 4. The minimum atomic E-state index is -0.465. The third kappa shape index (κ3) is 5.12. The number of nitrogens with one attached hydrogen (secondary N) is 2. The van der Waals surface area contributed by atoms with Gasteiger partial charge in [0.05, 0.1) is 5.56 Å². The molecule has 2 aromatic carbocycles. The van der Waals surface area contributed by atoms with Crippen molar-refractivity contribution in [3.8, 4) is 0 Å². The Balaban J connectivity index is 1.78. The summed E-state index contributed by atoms with van der Waals surface area (Å²) >= 11 is 0. The van der Waals surface area contributed by atoms with Crippen molar-refractivity contribution < 1.29 is 9.59 Å². The smallest absolute Gasteiger partial charge is 0.276 e. The first-order valence-corrected chi connectivity index (χ1v) is 10.8. The molecule has 1 unspecified atom stereocenters. The first-order valence-electron chi connectivity index (χ1n) is 10.8. The lowest BCUT2D eigenvalue weighted by molar-refractivity contribution is -0.125. The van der Waals surface area contributed by atoms with E-state index in [0.717, 1.165) is 36.2 Å². The van der Waals surface area contributed by atoms with Crippen LogP contribution in [0.2, 0.25) is 0 Å². The molecule has 1 heterocycles. The Labute approximate surface area is 179 Å². The molecule has 2 N–H and O–H groups in total. The van der Waals surface area contributed by atoms with Crippen molar-refractivity contribution in [3.05, 3.63) is 59.7 Å². The highest BCUT2D eigenvalue weighted by Crippen LogP contribution is 2.32. The molecule has 0 aliphatic carbocycles. The van der Waals surface area contributed by atoms with Gasteiger partial charge in [-0.25, -0.2) is 5.01 Å². The number of anilines is 2. The van der Waals surface area contributed by atoms with Gasteiger partial charge < -0.3 is 10.2 Å². The van der Waals surface area contributed by atoms with E-state index in [1.54, 1.807) is 6.07 Å². The molecule has 0 spiro atoms. The highest BCUT2D eigenvalue weighted by Gasteiger charge is 2.34. The Hall–Kier alpha value is -3.02. The first-order chi connectivity index (χ1) is 14.5. The highest BCUT2D eigenvalue weighted by atomic mass is 16.2. The number of para-hydroxylation sites is 1. The van der Waals surface area contributed by atoms with Crippen LogP contribution in [-0.4, -0.2) is 30.9 Å². The predicted molar refractivity (Wildman–Crippen MR) is 121 cm³/mol. The molecule has 1 aliphatic rings. The summed E-state index contributed by atoms with van der Waals surface area (Å²) in [5, 5.41) is 4.84. The molecule has 0 saturated carbocycles. The fraction of sp³-hybridized carbons (Fsp3) is 0.417. The lowest BCUT2D eigenvalue weighted by atomic mass is 10.0. The van der Waals surface area contributed by atoms with E-state index in [2.05, 4.69) is 17.7 Å². The molecule has 0 fully saturated rings. The normalized spacial score (nSPS) is 15.4. The summed E-state index contributed by atoms with van der Waals surface area (Å²) in [5.41, 5.74) is 6.17. The van der Waals surface area contributed by atoms with Crippen molar-refractivity contribution in [2.24, 2.45) is 0 Å². The van der Waals surface area contributed by atoms with Crippen LogP contribution in [0.3, 0.4) is 0 Å². The average molecular weight is 409 g/mol. The Morgan fingerprint density at radius 3 is 2.43 bits per heavy atom. The number of hydrazine groups is 1. The van der Waals surface area contributed by atoms with Crippen LogP contribution in [-0.2, 0) is 4.79 Å². The molecule has 3 rings (SSSR count). The molecule has 6 nitrogen and oxygen atoms in total. The summed E-state index contributed by atoms with van der Waals surface area (Å²) in [5.74, 6) is -0.332. The summed E-state index contributed by atoms with van der Waals surface area (Å²) in [6.07, 6.45) is 5.33. The molecule has 2 aromatic rings. The Morgan fingerprint density at radius 2 is 1.73 bits per heavy atom. The molecular weight excluding hydrogens is 376 g/mol. The lowest BCUT2D eigenvalue weighted by Gasteiger charge is -2.38. The van der Waals surface area contributed by atoms with E-state index < -0.39 is 6.17 Å². The van der Waals surface area contributed by atoms with Crippen LogP contribution >= 0.6 is 0 Å². The number of hydrogen-bond donors (Lipinski definition) is 2. The SMILES string of the molecule is CCCCCCCC(=O)NN1C(=O)c2ccccc2NC1c1ccc(N(C)C)cc1. The van der Waals surface area contributed by atoms with Gasteiger partial charge in [0.2, 0.25) is 5.91 Å². The summed E-state index contributed by atoms with van der Waals surface area (Å²) in [6.45, 7) is 2.17. The number of benzene rings is 2. The van der Waals surface area contributed by atoms with Crippen LogP contribution in [0.15, 0.2) is 48.5 Å². The maximum absolute atomic E-state index is 13.2. The fourth-order valence-electron chi connectivity index (χ4n) is 3.64. The van der Waals surface area contributed by atoms with Crippen LogP contribution in [0, 0.1) is 0 Å². The summed E-state index contributed by atoms with van der Waals surface area (Å²) in [7, 11) is 3.97. The first kappa shape index (κ1) is 21.7. The summed E-state index contributed by atoms with van der Waals surface area (Å²) < 4.78 is 0. The minimum Gasteiger partial charge on any atom is -0.378 e. The van der Waals surface area contributed by atoms with E-state index in [0.29, 0.717) is 12.0 Å². The topological polar surface area (TPSA) is 64.7 Å². The van der Waals surface area contributed by atoms with E-state index in [9.17, 15) is 9.59 Å². The quantitative estimate of drug-likeness (QED) is 0.590. The van der Waals surface area contributed by atoms with Gasteiger partial charge in [0.15, 0.2) is 0 Å². The number of carbonyl (C=O) groups excluding carboxylic acids is 2. The van der Waals surface area contributed by atoms with Crippen LogP contribution in [0.1, 0.15) is 67.5 Å². The number of fused-ring (bicyclic) bond motifs is 1. The van der Waals surface area contributed by atoms with Crippen molar-refractivity contribution in [1.82, 2.24) is 10.4 Å². The van der Waals surface area contributed by atoms with E-state index in [-0.39, 0.29) is 11.8 Å². The molecule has 2 amide bonds. The van der Waals surface area contributed by atoms with Crippen molar-refractivity contribution in [2.45, 2.75) is 51.6 Å². The van der Waals surface area contributed by atoms with Crippen molar-refractivity contribution >= 4 is 23.2 Å². The van der Waals surface area contributed by atoms with Gasteiger partial charge in [-0.2, -0.15) is 0 Å². The van der Waals surface area contributed by atoms with Crippen molar-refractivity contribution in [3.63, 3.8) is 0 Å². The van der Waals surface area contributed by atoms with Crippen LogP contribution in [0.4, 0.5) is 11.4 Å². The molecule has 0 saturated heterocycles. The third-order valence-electron chi connectivity index (χ3n) is 5.40. The van der Waals surface area contributed by atoms with Gasteiger partial charge in [0, 0.05) is 31.9 Å². The Kier molecular flexibility index (Phi) is 7.33. The maximum Gasteiger partial charge on any atom is 0.276 e. The van der Waals surface area contributed by atoms with E-state index >= 15 is 0 Å². The average Bonchev–Trinajstić information content (AvgIpc) is 2.75. The van der Waals surface area contributed by atoms with Gasteiger partial charge in [-0.15, -0.1) is 0 Å². The van der Waals surface area contributed by atoms with Gasteiger partial charge in [-0.05, 0) is 36.2 Å². The molecule has 1 aliphatic heterocycles. The zero-order valence-corrected chi connectivity index (χ0v) is 18.1. The Morgan fingerprint density at radius 1 is 1.03 bits per heavy atom. The van der Waals surface area contributed by atoms with E-state index in [1.165, 1.54) is 17.9 Å². The molecule has 0 aromatic heterocycles. The van der Waals surface area contributed by atoms with Gasteiger partial charge >= 0.3 is 0 Å². The predicted octanol–water partition coefficient (Wildman–Crippen LogP) is 4.71. The molecule has 6 heteroatoms. The number of rotatable bonds is 9. The second-order valence-electron chi connectivity index (χ2n) is 7.95. The zero-order chi connectivity index (χ0) is 21.5. The zero-order valence-electron chi connectivity index (χ0n) is 18.1. The standard InChI is InChI=1S/C24H32N4O2/c1-4-5-6-7-8-13-22(29)26-28-23(18-14-16-19(17-15-18)27(2)3)25-21-12-10-9-11-20(21)24(28)30/h9-12,14-17,23,25H,4-8,13H2,1-3H3,(H,26,29). The van der Waals surface area contributed by atoms with E-state index in [4.69, 9.17) is 0 Å². The van der Waals surface area contributed by atoms with Crippen LogP contribution in [0.25, 0.3) is 0 Å². The van der Waals surface area contributed by atoms with Crippen molar-refractivity contribution in [2.75, 3.05) is 24.3 Å². The van der Waals surface area contributed by atoms with Crippen LogP contribution in [0.5, 0.6) is 0 Å². The Bertz CT molecular complexity index is 864.